The van der Waals surface area contributed by atoms with Crippen molar-refractivity contribution < 1.29 is 28.1 Å². The fourth-order valence-electron chi connectivity index (χ4n) is 4.88. The highest BCUT2D eigenvalue weighted by atomic mass is 31.2. The zero-order valence-corrected chi connectivity index (χ0v) is 26.0. The smallest absolute Gasteiger partial charge is 0.323 e. The summed E-state index contributed by atoms with van der Waals surface area (Å²) in [7, 11) is -1.66. The number of carbonyl (C=O) groups excluding carboxylic acids is 1. The van der Waals surface area contributed by atoms with E-state index < -0.39 is 14.6 Å². The number of hydrogen-bond donors (Lipinski definition) is 2. The van der Waals surface area contributed by atoms with E-state index in [2.05, 4.69) is 46.0 Å². The molecule has 0 bridgehead atoms. The molecule has 1 aliphatic rings. The van der Waals surface area contributed by atoms with Crippen LogP contribution in [0.4, 0.5) is 5.95 Å². The van der Waals surface area contributed by atoms with Crippen LogP contribution in [0.1, 0.15) is 78.2 Å². The molecule has 0 radical (unpaired) electrons. The minimum absolute atomic E-state index is 0.110. The normalized spacial score (nSPS) is 20.8. The number of hydrogen-bond acceptors (Lipinski definition) is 11. The topological polar surface area (TPSA) is 145 Å². The Morgan fingerprint density at radius 2 is 2.00 bits per heavy atom. The average Bonchev–Trinajstić information content (AvgIpc) is 3.57. The molecule has 1 saturated heterocycles. The van der Waals surface area contributed by atoms with Gasteiger partial charge >= 0.3 is 5.97 Å². The zero-order chi connectivity index (χ0) is 30.1. The van der Waals surface area contributed by atoms with Gasteiger partial charge in [0.1, 0.15) is 12.3 Å². The number of imidazole rings is 1. The Morgan fingerprint density at radius 3 is 2.71 bits per heavy atom. The second kappa shape index (κ2) is 15.5. The summed E-state index contributed by atoms with van der Waals surface area (Å²) < 4.78 is 32.0. The third kappa shape index (κ3) is 8.14. The van der Waals surface area contributed by atoms with E-state index in [0.29, 0.717) is 30.3 Å². The third-order valence-electron chi connectivity index (χ3n) is 6.95. The highest BCUT2D eigenvalue weighted by molar-refractivity contribution is 7.45. The van der Waals surface area contributed by atoms with Gasteiger partial charge in [-0.05, 0) is 39.2 Å². The van der Waals surface area contributed by atoms with Crippen LogP contribution < -0.4 is 15.6 Å². The Bertz CT molecular complexity index is 1280. The molecule has 230 valence electrons. The maximum atomic E-state index is 12.4. The molecule has 1 aliphatic heterocycles. The van der Waals surface area contributed by atoms with Gasteiger partial charge in [0.15, 0.2) is 11.2 Å². The minimum Gasteiger partial charge on any atom is -0.476 e. The van der Waals surface area contributed by atoms with Crippen LogP contribution in [-0.4, -0.2) is 57.5 Å². The number of benzene rings is 1. The molecule has 1 aromatic carbocycles. The van der Waals surface area contributed by atoms with E-state index in [1.165, 1.54) is 0 Å². The van der Waals surface area contributed by atoms with Crippen molar-refractivity contribution in [1.82, 2.24) is 24.6 Å². The minimum atomic E-state index is -1.66. The Labute approximate surface area is 248 Å². The first kappa shape index (κ1) is 32.0. The van der Waals surface area contributed by atoms with Crippen LogP contribution in [0.2, 0.25) is 0 Å². The highest BCUT2D eigenvalue weighted by Gasteiger charge is 2.36. The van der Waals surface area contributed by atoms with Crippen LogP contribution >= 0.6 is 8.53 Å². The van der Waals surface area contributed by atoms with Crippen molar-refractivity contribution in [3.8, 4) is 5.88 Å². The lowest BCUT2D eigenvalue weighted by molar-refractivity contribution is -0.144. The molecule has 1 fully saturated rings. The summed E-state index contributed by atoms with van der Waals surface area (Å²) in [5, 5.41) is 3.23. The van der Waals surface area contributed by atoms with E-state index in [4.69, 9.17) is 29.0 Å². The molecule has 2 aromatic heterocycles. The molecular weight excluding hydrogens is 559 g/mol. The number of fused-ring (bicyclic) bond motifs is 1. The van der Waals surface area contributed by atoms with Gasteiger partial charge in [0.2, 0.25) is 11.8 Å². The standard InChI is InChI=1S/C29H43N6O6P/c1-6-9-15-23(21-13-11-10-12-14-21)41-42(34-20(5)28(36)38-8-3)39-17-22-16-19(4)27(40-22)35-18-31-24-25(35)32-29(30)33-26(24)37-7-2/h10-14,18-20,22-23,27,34H,6-9,15-17H2,1-5H3,(H2,30,32,33)/t19?,20-,22?,23?,27?,42?/m0/s1. The average molecular weight is 603 g/mol. The lowest BCUT2D eigenvalue weighted by Crippen LogP contribution is -2.33. The fourth-order valence-corrected chi connectivity index (χ4v) is 6.25. The molecule has 4 rings (SSSR count). The molecule has 12 nitrogen and oxygen atoms in total. The van der Waals surface area contributed by atoms with Gasteiger partial charge in [-0.3, -0.25) is 9.36 Å². The van der Waals surface area contributed by atoms with Crippen LogP contribution in [0.15, 0.2) is 36.7 Å². The summed E-state index contributed by atoms with van der Waals surface area (Å²) in [4.78, 5) is 25.5. The van der Waals surface area contributed by atoms with Crippen LogP contribution in [-0.2, 0) is 23.3 Å². The van der Waals surface area contributed by atoms with Crippen molar-refractivity contribution in [3.05, 3.63) is 42.2 Å². The molecular formula is C29H43N6O6P. The first-order valence-corrected chi connectivity index (χ1v) is 15.9. The van der Waals surface area contributed by atoms with E-state index in [-0.39, 0.29) is 42.9 Å². The molecule has 6 atom stereocenters. The number of carbonyl (C=O) groups is 1. The Morgan fingerprint density at radius 1 is 1.21 bits per heavy atom. The Kier molecular flexibility index (Phi) is 11.9. The predicted molar refractivity (Wildman–Crippen MR) is 160 cm³/mol. The number of esters is 1. The third-order valence-corrected chi connectivity index (χ3v) is 8.37. The first-order chi connectivity index (χ1) is 20.3. The first-order valence-electron chi connectivity index (χ1n) is 14.7. The number of unbranched alkanes of at least 4 members (excludes halogenated alkanes) is 1. The number of ether oxygens (including phenoxy) is 3. The molecule has 0 amide bonds. The van der Waals surface area contributed by atoms with Gasteiger partial charge in [-0.1, -0.05) is 57.0 Å². The zero-order valence-electron chi connectivity index (χ0n) is 25.1. The van der Waals surface area contributed by atoms with Gasteiger partial charge in [-0.15, -0.1) is 0 Å². The Balaban J connectivity index is 1.48. The predicted octanol–water partition coefficient (Wildman–Crippen LogP) is 5.46. The van der Waals surface area contributed by atoms with Gasteiger partial charge < -0.3 is 29.0 Å². The van der Waals surface area contributed by atoms with E-state index in [1.54, 1.807) is 20.2 Å². The number of nitrogens with one attached hydrogen (secondary N) is 1. The molecule has 0 aliphatic carbocycles. The summed E-state index contributed by atoms with van der Waals surface area (Å²) in [5.41, 5.74) is 8.12. The number of anilines is 1. The molecule has 5 unspecified atom stereocenters. The van der Waals surface area contributed by atoms with Crippen LogP contribution in [0.5, 0.6) is 5.88 Å². The number of nitrogens with two attached hydrogens (primary N) is 1. The van der Waals surface area contributed by atoms with Gasteiger partial charge in [-0.25, -0.2) is 10.1 Å². The molecule has 42 heavy (non-hydrogen) atoms. The number of nitrogens with zero attached hydrogens (tertiary/aromatic N) is 4. The summed E-state index contributed by atoms with van der Waals surface area (Å²) in [5.74, 6) is 0.249. The van der Waals surface area contributed by atoms with Gasteiger partial charge in [-0.2, -0.15) is 9.97 Å². The molecule has 3 N–H and O–H groups in total. The van der Waals surface area contributed by atoms with E-state index in [9.17, 15) is 4.79 Å². The van der Waals surface area contributed by atoms with Gasteiger partial charge in [0.25, 0.3) is 8.53 Å². The summed E-state index contributed by atoms with van der Waals surface area (Å²) >= 11 is 0. The monoisotopic (exact) mass is 602 g/mol. The molecule has 0 saturated carbocycles. The maximum absolute atomic E-state index is 12.4. The molecule has 13 heteroatoms. The summed E-state index contributed by atoms with van der Waals surface area (Å²) in [6.07, 6.45) is 4.58. The quantitative estimate of drug-likeness (QED) is 0.159. The number of nitrogen functional groups attached to an aromatic ring is 1. The highest BCUT2D eigenvalue weighted by Crippen LogP contribution is 2.44. The SMILES string of the molecule is CCCCC(OP(N[C@@H](C)C(=O)OCC)OCC1CC(C)C(n2cnc3c(OCC)nc(N)nc32)O1)c1ccccc1. The molecule has 3 aromatic rings. The Hall–Kier alpha value is -2.89. The van der Waals surface area contributed by atoms with E-state index >= 15 is 0 Å². The fraction of sp³-hybridized carbons (Fsp3) is 0.586. The maximum Gasteiger partial charge on any atom is 0.323 e. The van der Waals surface area contributed by atoms with Crippen molar-refractivity contribution in [2.75, 3.05) is 25.6 Å². The van der Waals surface area contributed by atoms with E-state index in [0.717, 1.165) is 31.2 Å². The summed E-state index contributed by atoms with van der Waals surface area (Å²) in [6, 6.07) is 9.49. The van der Waals surface area contributed by atoms with Crippen LogP contribution in [0.25, 0.3) is 11.2 Å². The lowest BCUT2D eigenvalue weighted by Gasteiger charge is -2.27. The van der Waals surface area contributed by atoms with Crippen molar-refractivity contribution in [1.29, 1.82) is 0 Å². The van der Waals surface area contributed by atoms with Crippen molar-refractivity contribution >= 4 is 31.6 Å². The molecule has 3 heterocycles. The van der Waals surface area contributed by atoms with Crippen LogP contribution in [0.3, 0.4) is 0 Å². The second-order valence-electron chi connectivity index (χ2n) is 10.3. The van der Waals surface area contributed by atoms with Crippen LogP contribution in [0, 0.1) is 5.92 Å². The van der Waals surface area contributed by atoms with Gasteiger partial charge in [0, 0.05) is 5.92 Å². The lowest BCUT2D eigenvalue weighted by atomic mass is 10.0. The van der Waals surface area contributed by atoms with E-state index in [1.807, 2.05) is 29.7 Å². The number of rotatable bonds is 16. The van der Waals surface area contributed by atoms with Crippen molar-refractivity contribution in [2.24, 2.45) is 5.92 Å². The van der Waals surface area contributed by atoms with Crippen molar-refractivity contribution in [3.63, 3.8) is 0 Å². The second-order valence-corrected chi connectivity index (χ2v) is 11.5. The summed E-state index contributed by atoms with van der Waals surface area (Å²) in [6.45, 7) is 10.7. The van der Waals surface area contributed by atoms with Gasteiger partial charge in [0.05, 0.1) is 38.4 Å². The van der Waals surface area contributed by atoms with Crippen molar-refractivity contribution in [2.45, 2.75) is 84.8 Å². The largest absolute Gasteiger partial charge is 0.476 e. The number of aromatic nitrogens is 4. The molecule has 0 spiro atoms.